The molecule has 0 aliphatic carbocycles. The molecule has 0 aliphatic heterocycles. The monoisotopic (exact) mass is 452 g/mol. The van der Waals surface area contributed by atoms with Gasteiger partial charge in [0.15, 0.2) is 0 Å². The molecular weight excluding hydrogens is 440 g/mol. The van der Waals surface area contributed by atoms with Crippen LogP contribution in [-0.4, -0.2) is 20.5 Å². The minimum absolute atomic E-state index is 0.0336. The Morgan fingerprint density at radius 1 is 1.04 bits per heavy atom. The van der Waals surface area contributed by atoms with Crippen molar-refractivity contribution in [3.63, 3.8) is 0 Å². The van der Waals surface area contributed by atoms with Gasteiger partial charge >= 0.3 is 0 Å². The molecule has 1 N–H and O–H groups in total. The van der Waals surface area contributed by atoms with Gasteiger partial charge in [-0.1, -0.05) is 39.7 Å². The number of anilines is 1. The zero-order chi connectivity index (χ0) is 18.7. The minimum Gasteiger partial charge on any atom is -0.495 e. The second-order valence-corrected chi connectivity index (χ2v) is 8.37. The Morgan fingerprint density at radius 2 is 1.77 bits per heavy atom. The van der Waals surface area contributed by atoms with E-state index in [1.165, 1.54) is 19.4 Å². The fourth-order valence-electron chi connectivity index (χ4n) is 2.37. The summed E-state index contributed by atoms with van der Waals surface area (Å²) in [6.07, 6.45) is 3.10. The van der Waals surface area contributed by atoms with Gasteiger partial charge in [0.25, 0.3) is 10.0 Å². The molecule has 8 heteroatoms. The highest BCUT2D eigenvalue weighted by Gasteiger charge is 2.20. The molecule has 3 aromatic rings. The number of halogens is 2. The van der Waals surface area contributed by atoms with Crippen molar-refractivity contribution >= 4 is 43.2 Å². The molecule has 0 radical (unpaired) electrons. The van der Waals surface area contributed by atoms with E-state index in [4.69, 9.17) is 16.3 Å². The SMILES string of the molecule is COc1ccc(Br)cc1S(=O)(=O)Nc1cncc(-c2ccc(Cl)cc2)c1. The molecule has 0 aliphatic rings. The summed E-state index contributed by atoms with van der Waals surface area (Å²) in [6.45, 7) is 0. The topological polar surface area (TPSA) is 68.3 Å². The molecule has 0 saturated heterocycles. The molecule has 0 bridgehead atoms. The van der Waals surface area contributed by atoms with E-state index >= 15 is 0 Å². The third-order valence-corrected chi connectivity index (χ3v) is 5.73. The number of nitrogens with zero attached hydrogens (tertiary/aromatic N) is 1. The van der Waals surface area contributed by atoms with E-state index in [0.29, 0.717) is 15.2 Å². The lowest BCUT2D eigenvalue weighted by atomic mass is 10.1. The highest BCUT2D eigenvalue weighted by molar-refractivity contribution is 9.10. The normalized spacial score (nSPS) is 11.2. The van der Waals surface area contributed by atoms with Crippen molar-refractivity contribution in [2.45, 2.75) is 4.90 Å². The molecule has 0 spiro atoms. The van der Waals surface area contributed by atoms with E-state index < -0.39 is 10.0 Å². The Labute approximate surface area is 165 Å². The van der Waals surface area contributed by atoms with Crippen LogP contribution in [0, 0.1) is 0 Å². The number of aromatic nitrogens is 1. The van der Waals surface area contributed by atoms with E-state index in [9.17, 15) is 8.42 Å². The summed E-state index contributed by atoms with van der Waals surface area (Å²) in [4.78, 5) is 4.15. The van der Waals surface area contributed by atoms with Crippen LogP contribution >= 0.6 is 27.5 Å². The van der Waals surface area contributed by atoms with E-state index in [2.05, 4.69) is 25.6 Å². The molecule has 1 aromatic heterocycles. The Morgan fingerprint density at radius 3 is 2.46 bits per heavy atom. The van der Waals surface area contributed by atoms with Gasteiger partial charge < -0.3 is 4.74 Å². The Balaban J connectivity index is 1.95. The number of pyridine rings is 1. The Hall–Kier alpha value is -2.09. The fourth-order valence-corrected chi connectivity index (χ4v) is 4.24. The highest BCUT2D eigenvalue weighted by Crippen LogP contribution is 2.30. The van der Waals surface area contributed by atoms with Crippen LogP contribution in [-0.2, 0) is 10.0 Å². The third kappa shape index (κ3) is 4.17. The summed E-state index contributed by atoms with van der Waals surface area (Å²) in [7, 11) is -2.43. The largest absolute Gasteiger partial charge is 0.495 e. The van der Waals surface area contributed by atoms with E-state index in [1.807, 2.05) is 12.1 Å². The molecule has 134 valence electrons. The number of sulfonamides is 1. The van der Waals surface area contributed by atoms with Crippen molar-refractivity contribution in [3.05, 3.63) is 70.4 Å². The lowest BCUT2D eigenvalue weighted by Crippen LogP contribution is -2.14. The van der Waals surface area contributed by atoms with Crippen molar-refractivity contribution in [2.75, 3.05) is 11.8 Å². The van der Waals surface area contributed by atoms with Crippen LogP contribution in [0.3, 0.4) is 0 Å². The number of hydrogen-bond donors (Lipinski definition) is 1. The summed E-state index contributed by atoms with van der Waals surface area (Å²) in [5.41, 5.74) is 1.99. The summed E-state index contributed by atoms with van der Waals surface area (Å²) in [5.74, 6) is 0.252. The van der Waals surface area contributed by atoms with Crippen LogP contribution in [0.4, 0.5) is 5.69 Å². The standard InChI is InChI=1S/C18H14BrClN2O3S/c1-25-17-7-4-14(19)9-18(17)26(23,24)22-16-8-13(10-21-11-16)12-2-5-15(20)6-3-12/h2-11,22H,1H3. The van der Waals surface area contributed by atoms with Crippen LogP contribution < -0.4 is 9.46 Å². The van der Waals surface area contributed by atoms with Crippen LogP contribution in [0.2, 0.25) is 5.02 Å². The molecule has 3 rings (SSSR count). The zero-order valence-electron chi connectivity index (χ0n) is 13.6. The number of nitrogens with one attached hydrogen (secondary N) is 1. The first-order valence-corrected chi connectivity index (χ1v) is 10.1. The highest BCUT2D eigenvalue weighted by atomic mass is 79.9. The lowest BCUT2D eigenvalue weighted by Gasteiger charge is -2.12. The first-order valence-electron chi connectivity index (χ1n) is 7.46. The molecule has 0 unspecified atom stereocenters. The van der Waals surface area contributed by atoms with Crippen LogP contribution in [0.25, 0.3) is 11.1 Å². The van der Waals surface area contributed by atoms with Crippen molar-refractivity contribution in [1.82, 2.24) is 4.98 Å². The lowest BCUT2D eigenvalue weighted by molar-refractivity contribution is 0.403. The molecule has 5 nitrogen and oxygen atoms in total. The molecular formula is C18H14BrClN2O3S. The van der Waals surface area contributed by atoms with Crippen molar-refractivity contribution in [1.29, 1.82) is 0 Å². The van der Waals surface area contributed by atoms with Crippen LogP contribution in [0.5, 0.6) is 5.75 Å². The fraction of sp³-hybridized carbons (Fsp3) is 0.0556. The maximum atomic E-state index is 12.8. The first-order chi connectivity index (χ1) is 12.4. The van der Waals surface area contributed by atoms with Gasteiger partial charge in [-0.2, -0.15) is 0 Å². The van der Waals surface area contributed by atoms with Crippen molar-refractivity contribution in [2.24, 2.45) is 0 Å². The summed E-state index contributed by atoms with van der Waals surface area (Å²) in [5, 5.41) is 0.625. The van der Waals surface area contributed by atoms with Crippen LogP contribution in [0.1, 0.15) is 0 Å². The van der Waals surface area contributed by atoms with Crippen molar-refractivity contribution in [3.8, 4) is 16.9 Å². The molecule has 26 heavy (non-hydrogen) atoms. The van der Waals surface area contributed by atoms with Gasteiger partial charge in [-0.05, 0) is 42.0 Å². The zero-order valence-corrected chi connectivity index (χ0v) is 16.8. The average molecular weight is 454 g/mol. The van der Waals surface area contributed by atoms with Gasteiger partial charge in [-0.25, -0.2) is 8.42 Å². The van der Waals surface area contributed by atoms with Gasteiger partial charge in [0.05, 0.1) is 19.0 Å². The number of hydrogen-bond acceptors (Lipinski definition) is 4. The number of benzene rings is 2. The van der Waals surface area contributed by atoms with Gasteiger partial charge in [0.2, 0.25) is 0 Å². The van der Waals surface area contributed by atoms with Gasteiger partial charge in [-0.15, -0.1) is 0 Å². The molecule has 2 aromatic carbocycles. The molecule has 0 amide bonds. The quantitative estimate of drug-likeness (QED) is 0.592. The Bertz CT molecular complexity index is 1040. The van der Waals surface area contributed by atoms with Gasteiger partial charge in [0.1, 0.15) is 10.6 Å². The van der Waals surface area contributed by atoms with Gasteiger partial charge in [-0.3, -0.25) is 9.71 Å². The second-order valence-electron chi connectivity index (χ2n) is 5.37. The molecule has 0 saturated carbocycles. The Kier molecular flexibility index (Phi) is 5.50. The second kappa shape index (κ2) is 7.65. The number of methoxy groups -OCH3 is 1. The number of ether oxygens (including phenoxy) is 1. The number of rotatable bonds is 5. The van der Waals surface area contributed by atoms with E-state index in [-0.39, 0.29) is 10.6 Å². The molecule has 1 heterocycles. The predicted octanol–water partition coefficient (Wildman–Crippen LogP) is 4.97. The van der Waals surface area contributed by atoms with Gasteiger partial charge in [0, 0.05) is 21.3 Å². The average Bonchev–Trinajstić information content (AvgIpc) is 2.62. The maximum absolute atomic E-state index is 12.8. The first kappa shape index (κ1) is 18.7. The van der Waals surface area contributed by atoms with E-state index in [0.717, 1.165) is 11.1 Å². The maximum Gasteiger partial charge on any atom is 0.265 e. The summed E-state index contributed by atoms with van der Waals surface area (Å²) in [6, 6.07) is 13.7. The smallest absolute Gasteiger partial charge is 0.265 e. The molecule has 0 fully saturated rings. The van der Waals surface area contributed by atoms with Crippen LogP contribution in [0.15, 0.2) is 70.3 Å². The third-order valence-electron chi connectivity index (χ3n) is 3.58. The van der Waals surface area contributed by atoms with E-state index in [1.54, 1.807) is 36.5 Å². The summed E-state index contributed by atoms with van der Waals surface area (Å²) < 4.78 is 33.9. The molecule has 0 atom stereocenters. The van der Waals surface area contributed by atoms with Crippen molar-refractivity contribution < 1.29 is 13.2 Å². The summed E-state index contributed by atoms with van der Waals surface area (Å²) >= 11 is 9.18. The minimum atomic E-state index is -3.85. The predicted molar refractivity (Wildman–Crippen MR) is 106 cm³/mol.